The van der Waals surface area contributed by atoms with E-state index >= 15 is 0 Å². The van der Waals surface area contributed by atoms with Crippen molar-refractivity contribution in [3.05, 3.63) is 48.3 Å². The first kappa shape index (κ1) is 26.1. The number of fused-ring (bicyclic) bond motifs is 1. The van der Waals surface area contributed by atoms with Crippen LogP contribution >= 0.6 is 0 Å². The van der Waals surface area contributed by atoms with Crippen LogP contribution in [0.2, 0.25) is 0 Å². The Bertz CT molecular complexity index is 1110. The minimum atomic E-state index is -3.98. The largest absolute Gasteiger partial charge is 0.487 e. The third-order valence-corrected chi connectivity index (χ3v) is 8.01. The van der Waals surface area contributed by atoms with Gasteiger partial charge in [0.15, 0.2) is 0 Å². The van der Waals surface area contributed by atoms with Crippen LogP contribution in [0.25, 0.3) is 11.1 Å². The minimum absolute atomic E-state index is 0.0265. The predicted molar refractivity (Wildman–Crippen MR) is 125 cm³/mol. The summed E-state index contributed by atoms with van der Waals surface area (Å²) in [4.78, 5) is 13.8. The second-order valence-electron chi connectivity index (χ2n) is 8.62. The summed E-state index contributed by atoms with van der Waals surface area (Å²) in [6, 6.07) is 9.94. The molecule has 0 bridgehead atoms. The van der Waals surface area contributed by atoms with Crippen LogP contribution in [0.1, 0.15) is 13.8 Å². The van der Waals surface area contributed by atoms with E-state index in [1.54, 1.807) is 38.2 Å². The maximum Gasteiger partial charge on any atom is 0.248 e. The smallest absolute Gasteiger partial charge is 0.248 e. The van der Waals surface area contributed by atoms with E-state index in [-0.39, 0.29) is 54.6 Å². The van der Waals surface area contributed by atoms with Crippen LogP contribution in [0.15, 0.2) is 47.4 Å². The molecule has 0 radical (unpaired) electrons. The van der Waals surface area contributed by atoms with Crippen LogP contribution in [0.5, 0.6) is 5.75 Å². The van der Waals surface area contributed by atoms with Crippen molar-refractivity contribution in [2.24, 2.45) is 5.92 Å². The van der Waals surface area contributed by atoms with Gasteiger partial charge in [0.05, 0.1) is 13.2 Å². The Balaban J connectivity index is 2.08. The standard InChI is InChI=1S/C24H31FN2O6S/c1-16-12-27(17(2)14-28)34(30,31)23-10-7-19(18-5-8-20(25)9-6-18)11-21(23)33-22(16)13-26(3)24(29)15-32-4/h5-11,16-17,22,28H,12-15H2,1-4H3/t16-,17+,22-/m0/s1. The fraction of sp³-hybridized carbons (Fsp3) is 0.458. The highest BCUT2D eigenvalue weighted by Gasteiger charge is 2.38. The van der Waals surface area contributed by atoms with Crippen LogP contribution in [0, 0.1) is 11.7 Å². The highest BCUT2D eigenvalue weighted by atomic mass is 32.2. The van der Waals surface area contributed by atoms with Crippen LogP contribution in [0.3, 0.4) is 0 Å². The van der Waals surface area contributed by atoms with Crippen molar-refractivity contribution in [2.45, 2.75) is 30.9 Å². The summed E-state index contributed by atoms with van der Waals surface area (Å²) in [7, 11) is -0.908. The average molecular weight is 495 g/mol. The Labute approximate surface area is 199 Å². The molecule has 1 amide bonds. The summed E-state index contributed by atoms with van der Waals surface area (Å²) < 4.78 is 52.9. The predicted octanol–water partition coefficient (Wildman–Crippen LogP) is 2.37. The molecule has 1 aliphatic heterocycles. The van der Waals surface area contributed by atoms with Gasteiger partial charge in [0.2, 0.25) is 15.9 Å². The zero-order valence-electron chi connectivity index (χ0n) is 19.8. The van der Waals surface area contributed by atoms with Gasteiger partial charge in [-0.05, 0) is 42.3 Å². The molecule has 3 rings (SSSR count). The molecule has 0 aliphatic carbocycles. The molecule has 0 saturated heterocycles. The number of hydrogen-bond acceptors (Lipinski definition) is 6. The van der Waals surface area contributed by atoms with Crippen molar-refractivity contribution in [1.82, 2.24) is 9.21 Å². The fourth-order valence-corrected chi connectivity index (χ4v) is 5.70. The minimum Gasteiger partial charge on any atom is -0.487 e. The average Bonchev–Trinajstić information content (AvgIpc) is 2.81. The molecule has 8 nitrogen and oxygen atoms in total. The number of carbonyl (C=O) groups excluding carboxylic acids is 1. The molecule has 3 atom stereocenters. The molecule has 0 aromatic heterocycles. The number of sulfonamides is 1. The van der Waals surface area contributed by atoms with Gasteiger partial charge in [-0.15, -0.1) is 0 Å². The molecule has 0 unspecified atom stereocenters. The van der Waals surface area contributed by atoms with E-state index in [1.165, 1.54) is 34.5 Å². The highest BCUT2D eigenvalue weighted by Crippen LogP contribution is 2.36. The number of amides is 1. The molecular formula is C24H31FN2O6S. The van der Waals surface area contributed by atoms with Gasteiger partial charge < -0.3 is 19.5 Å². The second kappa shape index (κ2) is 10.8. The molecular weight excluding hydrogens is 463 g/mol. The van der Waals surface area contributed by atoms with E-state index in [4.69, 9.17) is 9.47 Å². The third-order valence-electron chi connectivity index (χ3n) is 5.99. The number of aliphatic hydroxyl groups excluding tert-OH is 1. The summed E-state index contributed by atoms with van der Waals surface area (Å²) in [6.45, 7) is 3.39. The quantitative estimate of drug-likeness (QED) is 0.635. The first-order valence-corrected chi connectivity index (χ1v) is 12.4. The van der Waals surface area contributed by atoms with Crippen LogP contribution in [-0.4, -0.2) is 81.2 Å². The molecule has 2 aromatic rings. The van der Waals surface area contributed by atoms with Gasteiger partial charge in [-0.2, -0.15) is 4.31 Å². The van der Waals surface area contributed by atoms with E-state index in [1.807, 2.05) is 6.92 Å². The van der Waals surface area contributed by atoms with Gasteiger partial charge in [0, 0.05) is 32.7 Å². The highest BCUT2D eigenvalue weighted by molar-refractivity contribution is 7.89. The summed E-state index contributed by atoms with van der Waals surface area (Å²) in [5.41, 5.74) is 1.36. The lowest BCUT2D eigenvalue weighted by Crippen LogP contribution is -2.50. The lowest BCUT2D eigenvalue weighted by Gasteiger charge is -2.37. The maximum atomic E-state index is 13.5. The molecule has 1 heterocycles. The van der Waals surface area contributed by atoms with Crippen LogP contribution in [-0.2, 0) is 19.6 Å². The summed E-state index contributed by atoms with van der Waals surface area (Å²) >= 11 is 0. The van der Waals surface area contributed by atoms with Gasteiger partial charge in [0.25, 0.3) is 0 Å². The van der Waals surface area contributed by atoms with Gasteiger partial charge >= 0.3 is 0 Å². The number of hydrogen-bond donors (Lipinski definition) is 1. The Morgan fingerprint density at radius 3 is 2.53 bits per heavy atom. The number of nitrogens with zero attached hydrogens (tertiary/aromatic N) is 2. The van der Waals surface area contributed by atoms with Crippen molar-refractivity contribution >= 4 is 15.9 Å². The summed E-state index contributed by atoms with van der Waals surface area (Å²) in [5.74, 6) is -0.765. The van der Waals surface area contributed by atoms with Gasteiger partial charge in [-0.1, -0.05) is 25.1 Å². The Morgan fingerprint density at radius 1 is 1.26 bits per heavy atom. The number of halogens is 1. The molecule has 0 fully saturated rings. The van der Waals surface area contributed by atoms with Gasteiger partial charge in [0.1, 0.15) is 29.2 Å². The van der Waals surface area contributed by atoms with Crippen molar-refractivity contribution < 1.29 is 32.2 Å². The Morgan fingerprint density at radius 2 is 1.91 bits per heavy atom. The molecule has 2 aromatic carbocycles. The lowest BCUT2D eigenvalue weighted by molar-refractivity contribution is -0.135. The number of carbonyl (C=O) groups is 1. The van der Waals surface area contributed by atoms with Crippen LogP contribution < -0.4 is 4.74 Å². The first-order valence-electron chi connectivity index (χ1n) is 11.0. The van der Waals surface area contributed by atoms with E-state index in [9.17, 15) is 22.7 Å². The van der Waals surface area contributed by atoms with Crippen LogP contribution in [0.4, 0.5) is 4.39 Å². The molecule has 1 N–H and O–H groups in total. The Kier molecular flexibility index (Phi) is 8.29. The number of benzene rings is 2. The van der Waals surface area contributed by atoms with Crippen molar-refractivity contribution in [1.29, 1.82) is 0 Å². The van der Waals surface area contributed by atoms with Gasteiger partial charge in [-0.25, -0.2) is 12.8 Å². The number of ether oxygens (including phenoxy) is 2. The number of methoxy groups -OCH3 is 1. The molecule has 0 saturated carbocycles. The lowest BCUT2D eigenvalue weighted by atomic mass is 10.0. The maximum absolute atomic E-state index is 13.5. The van der Waals surface area contributed by atoms with Crippen molar-refractivity contribution in [3.63, 3.8) is 0 Å². The summed E-state index contributed by atoms with van der Waals surface area (Å²) in [6.07, 6.45) is -0.531. The number of aliphatic hydroxyl groups is 1. The first-order chi connectivity index (χ1) is 16.1. The zero-order chi connectivity index (χ0) is 25.0. The van der Waals surface area contributed by atoms with E-state index in [0.717, 1.165) is 0 Å². The molecule has 1 aliphatic rings. The molecule has 0 spiro atoms. The second-order valence-corrected chi connectivity index (χ2v) is 10.5. The van der Waals surface area contributed by atoms with E-state index < -0.39 is 22.2 Å². The molecule has 34 heavy (non-hydrogen) atoms. The van der Waals surface area contributed by atoms with Crippen molar-refractivity contribution in [2.75, 3.05) is 40.5 Å². The number of likely N-dealkylation sites (N-methyl/N-ethyl adjacent to an activating group) is 1. The Hall–Kier alpha value is -2.53. The molecule has 186 valence electrons. The third kappa shape index (κ3) is 5.57. The van der Waals surface area contributed by atoms with E-state index in [0.29, 0.717) is 11.1 Å². The fourth-order valence-electron chi connectivity index (χ4n) is 3.87. The SMILES string of the molecule is COCC(=O)N(C)C[C@@H]1Oc2cc(-c3ccc(F)cc3)ccc2S(=O)(=O)N([C@H](C)CO)C[C@@H]1C. The summed E-state index contributed by atoms with van der Waals surface area (Å²) in [5, 5.41) is 9.74. The molecule has 10 heteroatoms. The van der Waals surface area contributed by atoms with Gasteiger partial charge in [-0.3, -0.25) is 4.79 Å². The number of rotatable bonds is 7. The zero-order valence-corrected chi connectivity index (χ0v) is 20.6. The van der Waals surface area contributed by atoms with Crippen molar-refractivity contribution in [3.8, 4) is 16.9 Å². The van der Waals surface area contributed by atoms with E-state index in [2.05, 4.69) is 0 Å². The normalized spacial score (nSPS) is 21.0. The monoisotopic (exact) mass is 494 g/mol. The topological polar surface area (TPSA) is 96.4 Å².